The first-order valence-electron chi connectivity index (χ1n) is 14.1. The molecule has 5 rings (SSSR count). The number of benzene rings is 1. The van der Waals surface area contributed by atoms with Crippen molar-refractivity contribution in [1.82, 2.24) is 14.4 Å². The third kappa shape index (κ3) is 7.28. The van der Waals surface area contributed by atoms with Gasteiger partial charge in [0.15, 0.2) is 12.6 Å². The van der Waals surface area contributed by atoms with Crippen LogP contribution in [-0.4, -0.2) is 80.2 Å². The van der Waals surface area contributed by atoms with E-state index in [1.165, 1.54) is 25.3 Å². The first-order valence-corrected chi connectivity index (χ1v) is 15.6. The highest BCUT2D eigenvalue weighted by Gasteiger charge is 2.53. The number of ether oxygens (including phenoxy) is 3. The van der Waals surface area contributed by atoms with Gasteiger partial charge in [0.25, 0.3) is 11.8 Å². The number of aliphatic hydroxyl groups excluding tert-OH is 2. The number of rotatable bonds is 12. The lowest BCUT2D eigenvalue weighted by molar-refractivity contribution is -0.281. The summed E-state index contributed by atoms with van der Waals surface area (Å²) in [6, 6.07) is 7.89. The van der Waals surface area contributed by atoms with Crippen LogP contribution in [0.5, 0.6) is 5.75 Å². The lowest BCUT2D eigenvalue weighted by Crippen LogP contribution is -2.44. The van der Waals surface area contributed by atoms with Crippen molar-refractivity contribution in [3.05, 3.63) is 58.8 Å². The summed E-state index contributed by atoms with van der Waals surface area (Å²) < 4.78 is 47.8. The largest absolute Gasteiger partial charge is 0.517 e. The molecule has 2 fully saturated rings. The van der Waals surface area contributed by atoms with E-state index in [1.54, 1.807) is 24.3 Å². The van der Waals surface area contributed by atoms with Crippen molar-refractivity contribution in [2.45, 2.75) is 76.0 Å². The molecule has 2 saturated heterocycles. The predicted octanol–water partition coefficient (Wildman–Crippen LogP) is 1.04. The van der Waals surface area contributed by atoms with E-state index in [9.17, 15) is 29.5 Å². The number of nitrogens with two attached hydrogens (primary N) is 1. The van der Waals surface area contributed by atoms with Gasteiger partial charge in [-0.2, -0.15) is 4.98 Å². The van der Waals surface area contributed by atoms with Crippen LogP contribution in [0.2, 0.25) is 0 Å². The average molecular weight is 655 g/mol. The van der Waals surface area contributed by atoms with Gasteiger partial charge >= 0.3 is 13.4 Å². The van der Waals surface area contributed by atoms with E-state index in [1.807, 2.05) is 0 Å². The van der Waals surface area contributed by atoms with Crippen molar-refractivity contribution in [3.63, 3.8) is 0 Å². The molecule has 7 atom stereocenters. The average Bonchev–Trinajstić information content (AvgIpc) is 3.55. The topological polar surface area (TPSA) is 227 Å². The maximum absolute atomic E-state index is 13.9. The maximum Gasteiger partial charge on any atom is 0.517 e. The molecule has 246 valence electrons. The van der Waals surface area contributed by atoms with Gasteiger partial charge < -0.3 is 44.2 Å². The Labute approximate surface area is 256 Å². The number of aliphatic hydroxyl groups is 3. The third-order valence-electron chi connectivity index (χ3n) is 7.03. The predicted molar refractivity (Wildman–Crippen MR) is 152 cm³/mol. The summed E-state index contributed by atoms with van der Waals surface area (Å²) in [6.07, 6.45) is -2.92. The zero-order chi connectivity index (χ0) is 32.4. The van der Waals surface area contributed by atoms with Crippen LogP contribution in [0.25, 0.3) is 11.1 Å². The van der Waals surface area contributed by atoms with Crippen molar-refractivity contribution in [1.29, 1.82) is 0 Å². The van der Waals surface area contributed by atoms with E-state index in [0.29, 0.717) is 22.3 Å². The molecule has 17 nitrogen and oxygen atoms in total. The van der Waals surface area contributed by atoms with E-state index in [0.717, 1.165) is 26.4 Å². The minimum Gasteiger partial charge on any atom is -0.440 e. The van der Waals surface area contributed by atoms with Crippen LogP contribution in [0.4, 0.5) is 0 Å². The summed E-state index contributed by atoms with van der Waals surface area (Å²) >= 11 is 0. The highest BCUT2D eigenvalue weighted by atomic mass is 31.2. The van der Waals surface area contributed by atoms with Gasteiger partial charge in [-0.05, 0) is 44.4 Å². The first-order chi connectivity index (χ1) is 21.4. The van der Waals surface area contributed by atoms with Gasteiger partial charge in [0.1, 0.15) is 24.2 Å². The molecule has 0 spiro atoms. The van der Waals surface area contributed by atoms with E-state index in [-0.39, 0.29) is 29.2 Å². The summed E-state index contributed by atoms with van der Waals surface area (Å²) in [5.74, 6) is -3.24. The van der Waals surface area contributed by atoms with Crippen molar-refractivity contribution >= 4 is 24.8 Å². The van der Waals surface area contributed by atoms with E-state index in [4.69, 9.17) is 38.2 Å². The molecule has 3 aromatic rings. The molecule has 0 aliphatic carbocycles. The lowest BCUT2D eigenvalue weighted by atomic mass is 10.1. The number of para-hydroxylation sites is 1. The molecule has 5 N–H and O–H groups in total. The number of carbonyl (C=O) groups excluding carboxylic acids is 1. The first kappa shape index (κ1) is 33.2. The molecular formula is C27H35N4O13P. The number of hydrogen-bond acceptors (Lipinski definition) is 15. The Hall–Kier alpha value is -3.22. The summed E-state index contributed by atoms with van der Waals surface area (Å²) in [4.78, 5) is 34.7. The van der Waals surface area contributed by atoms with E-state index < -0.39 is 56.2 Å². The Kier molecular flexibility index (Phi) is 10.0. The zero-order valence-corrected chi connectivity index (χ0v) is 25.4. The smallest absolute Gasteiger partial charge is 0.440 e. The number of amides is 1. The quantitative estimate of drug-likeness (QED) is 0.122. The molecule has 1 amide bonds. The van der Waals surface area contributed by atoms with Crippen LogP contribution >= 0.6 is 7.75 Å². The van der Waals surface area contributed by atoms with Crippen molar-refractivity contribution in [2.24, 2.45) is 5.73 Å². The van der Waals surface area contributed by atoms with E-state index >= 15 is 0 Å². The fraction of sp³-hybridized carbons (Fsp3) is 0.519. The number of hydroxylamine groups is 1. The molecule has 0 radical (unpaired) electrons. The molecule has 45 heavy (non-hydrogen) atoms. The second-order valence-corrected chi connectivity index (χ2v) is 12.2. The van der Waals surface area contributed by atoms with Crippen LogP contribution in [0.1, 0.15) is 38.4 Å². The lowest BCUT2D eigenvalue weighted by Gasteiger charge is -2.32. The minimum absolute atomic E-state index is 0.0287. The molecule has 2 aliphatic rings. The van der Waals surface area contributed by atoms with Gasteiger partial charge in [-0.25, -0.2) is 18.5 Å². The summed E-state index contributed by atoms with van der Waals surface area (Å²) in [5.41, 5.74) is 4.63. The zero-order valence-electron chi connectivity index (χ0n) is 24.5. The number of fused-ring (bicyclic) bond motifs is 1. The van der Waals surface area contributed by atoms with Crippen LogP contribution in [0.15, 0.2) is 51.8 Å². The second kappa shape index (κ2) is 13.6. The Morgan fingerprint density at radius 3 is 2.73 bits per heavy atom. The molecule has 2 aliphatic heterocycles. The molecular weight excluding hydrogens is 619 g/mol. The normalized spacial score (nSPS) is 26.3. The Morgan fingerprint density at radius 1 is 1.31 bits per heavy atom. The number of furan rings is 1. The molecule has 1 aromatic carbocycles. The summed E-state index contributed by atoms with van der Waals surface area (Å²) in [5, 5.41) is 33.3. The molecule has 0 saturated carbocycles. The molecule has 0 bridgehead atoms. The van der Waals surface area contributed by atoms with E-state index in [2.05, 4.69) is 4.98 Å². The van der Waals surface area contributed by atoms with Gasteiger partial charge in [0.05, 0.1) is 31.1 Å². The Bertz CT molecular complexity index is 1580. The van der Waals surface area contributed by atoms with Crippen LogP contribution in [-0.2, 0) is 45.4 Å². The van der Waals surface area contributed by atoms with Gasteiger partial charge in [-0.15, -0.1) is 4.83 Å². The van der Waals surface area contributed by atoms with Crippen molar-refractivity contribution in [2.75, 3.05) is 13.7 Å². The highest BCUT2D eigenvalue weighted by Crippen LogP contribution is 2.54. The number of hydrogen-bond donors (Lipinski definition) is 4. The summed E-state index contributed by atoms with van der Waals surface area (Å²) in [7, 11) is -3.92. The fourth-order valence-electron chi connectivity index (χ4n) is 4.84. The summed E-state index contributed by atoms with van der Waals surface area (Å²) in [6.45, 7) is 1.95. The number of nitrogens with zero attached hydrogens (tertiary/aromatic N) is 3. The number of aromatic nitrogens is 2. The Balaban J connectivity index is 1.35. The molecule has 2 aromatic heterocycles. The van der Waals surface area contributed by atoms with Crippen molar-refractivity contribution in [3.8, 4) is 5.75 Å². The number of carbonyl (C=O) groups is 1. The Morgan fingerprint density at radius 2 is 2.07 bits per heavy atom. The van der Waals surface area contributed by atoms with Gasteiger partial charge in [-0.1, -0.05) is 18.2 Å². The second-order valence-electron chi connectivity index (χ2n) is 10.5. The molecule has 18 heteroatoms. The van der Waals surface area contributed by atoms with Gasteiger partial charge in [0, 0.05) is 12.8 Å². The molecule has 4 unspecified atom stereocenters. The van der Waals surface area contributed by atoms with Crippen LogP contribution in [0.3, 0.4) is 0 Å². The van der Waals surface area contributed by atoms with Gasteiger partial charge in [0.2, 0.25) is 5.71 Å². The van der Waals surface area contributed by atoms with Crippen LogP contribution < -0.4 is 15.9 Å². The monoisotopic (exact) mass is 654 g/mol. The highest BCUT2D eigenvalue weighted by molar-refractivity contribution is 7.52. The SMILES string of the molecule is CON(C(=O)[C@H](C)N)P(=O)(Oc1ccccc1)OC(O)[C@H]1OC(O)(n2cc3cc(COC4CCCCO4)oc3nc2=O)C[C@@H]1O. The third-order valence-corrected chi connectivity index (χ3v) is 8.76. The van der Waals surface area contributed by atoms with Crippen LogP contribution in [0, 0.1) is 0 Å². The standard InChI is InChI=1S/C27H35N4O13P/c1-16(28)24(33)31(38-2)45(37,43-18-8-4-3-5-9-18)44-25(34)22-20(32)13-27(36,42-22)30-14-17-12-19(41-23(17)29-26(30)35)15-40-21-10-6-7-11-39-21/h3-5,8-9,12,14,16,20-22,25,32,34,36H,6-7,10-11,13,15,28H2,1-2H3/t16-,20-,21?,22-,25?,27?,45?/m0/s1. The minimum atomic E-state index is -4.92. The van der Waals surface area contributed by atoms with Gasteiger partial charge in [-0.3, -0.25) is 9.63 Å². The molecule has 4 heterocycles. The fourth-order valence-corrected chi connectivity index (χ4v) is 6.44. The maximum atomic E-state index is 13.9. The van der Waals surface area contributed by atoms with Crippen molar-refractivity contribution < 1.29 is 57.2 Å².